The first kappa shape index (κ1) is 20.3. The highest BCUT2D eigenvalue weighted by Crippen LogP contribution is 2.38. The Morgan fingerprint density at radius 2 is 2.13 bits per heavy atom. The molecule has 4 rings (SSSR count). The molecule has 10 heteroatoms. The Kier molecular flexibility index (Phi) is 5.93. The number of imidazole rings is 1. The monoisotopic (exact) mass is 428 g/mol. The minimum atomic E-state index is -0.356. The van der Waals surface area contributed by atoms with Crippen LogP contribution >= 0.6 is 11.8 Å². The number of methoxy groups -OCH3 is 1. The molecular formula is C20H24N6O3S. The summed E-state index contributed by atoms with van der Waals surface area (Å²) < 4.78 is 5.14. The lowest BCUT2D eigenvalue weighted by atomic mass is 9.86. The number of fused-ring (bicyclic) bond motifs is 1. The van der Waals surface area contributed by atoms with E-state index in [9.17, 15) is 9.90 Å². The zero-order valence-corrected chi connectivity index (χ0v) is 17.4. The highest BCUT2D eigenvalue weighted by molar-refractivity contribution is 8.00. The third-order valence-electron chi connectivity index (χ3n) is 5.29. The molecule has 5 N–H and O–H groups in total. The van der Waals surface area contributed by atoms with Gasteiger partial charge in [0.05, 0.1) is 18.7 Å². The molecule has 1 aliphatic carbocycles. The molecule has 2 heterocycles. The van der Waals surface area contributed by atoms with Crippen molar-refractivity contribution in [3.8, 4) is 11.5 Å². The second-order valence-corrected chi connectivity index (χ2v) is 8.43. The molecule has 3 aromatic rings. The number of aromatic amines is 1. The van der Waals surface area contributed by atoms with E-state index in [0.29, 0.717) is 27.6 Å². The van der Waals surface area contributed by atoms with Crippen molar-refractivity contribution in [2.24, 2.45) is 5.92 Å². The van der Waals surface area contributed by atoms with Crippen LogP contribution in [0.3, 0.4) is 0 Å². The lowest BCUT2D eigenvalue weighted by Gasteiger charge is -2.29. The normalized spacial score (nSPS) is 15.8. The molecule has 1 fully saturated rings. The maximum absolute atomic E-state index is 13.3. The van der Waals surface area contributed by atoms with Gasteiger partial charge in [-0.15, -0.1) is 0 Å². The van der Waals surface area contributed by atoms with Gasteiger partial charge < -0.3 is 25.9 Å². The lowest BCUT2D eigenvalue weighted by Crippen LogP contribution is -2.33. The SMILES string of the molecule is COc1cc(NC(=O)[C@@H](Sc2nc(N)nc3nc[nH]c23)C2CCCCC2)ccc1O. The molecule has 0 aliphatic heterocycles. The number of nitrogen functional groups attached to an aromatic ring is 1. The highest BCUT2D eigenvalue weighted by atomic mass is 32.2. The number of aromatic hydroxyl groups is 1. The fourth-order valence-corrected chi connectivity index (χ4v) is 5.08. The Labute approximate surface area is 177 Å². The van der Waals surface area contributed by atoms with Gasteiger partial charge in [-0.25, -0.2) is 9.97 Å². The summed E-state index contributed by atoms with van der Waals surface area (Å²) in [6.45, 7) is 0. The molecule has 158 valence electrons. The predicted octanol–water partition coefficient (Wildman–Crippen LogP) is 3.33. The van der Waals surface area contributed by atoms with E-state index in [1.807, 2.05) is 0 Å². The number of nitrogens with one attached hydrogen (secondary N) is 2. The van der Waals surface area contributed by atoms with Crippen molar-refractivity contribution in [1.82, 2.24) is 19.9 Å². The Hall–Kier alpha value is -3.01. The van der Waals surface area contributed by atoms with Gasteiger partial charge in [0.1, 0.15) is 10.5 Å². The first-order valence-corrected chi connectivity index (χ1v) is 10.7. The van der Waals surface area contributed by atoms with Gasteiger partial charge in [-0.1, -0.05) is 31.0 Å². The van der Waals surface area contributed by atoms with E-state index in [0.717, 1.165) is 25.7 Å². The fraction of sp³-hybridized carbons (Fsp3) is 0.400. The van der Waals surface area contributed by atoms with Crippen LogP contribution in [0.5, 0.6) is 11.5 Å². The van der Waals surface area contributed by atoms with Crippen LogP contribution < -0.4 is 15.8 Å². The molecule has 1 aromatic carbocycles. The Morgan fingerprint density at radius 1 is 1.33 bits per heavy atom. The number of hydrogen-bond acceptors (Lipinski definition) is 8. The molecule has 1 aliphatic rings. The molecule has 0 unspecified atom stereocenters. The number of phenolic OH excluding ortho intramolecular Hbond substituents is 1. The first-order chi connectivity index (χ1) is 14.5. The number of nitrogens with two attached hydrogens (primary N) is 1. The molecule has 1 atom stereocenters. The van der Waals surface area contributed by atoms with Gasteiger partial charge in [-0.2, -0.15) is 4.98 Å². The van der Waals surface area contributed by atoms with Crippen molar-refractivity contribution in [2.75, 3.05) is 18.2 Å². The zero-order valence-electron chi connectivity index (χ0n) is 16.6. The standard InChI is InChI=1S/C20H24N6O3S/c1-29-14-9-12(7-8-13(14)27)24-18(28)16(11-5-3-2-4-6-11)30-19-15-17(23-10-22-15)25-20(21)26-19/h7-11,16,27H,2-6H2,1H3,(H,24,28)(H3,21,22,23,25,26)/t16-/m0/s1. The van der Waals surface area contributed by atoms with Crippen LogP contribution in [0.25, 0.3) is 11.2 Å². The van der Waals surface area contributed by atoms with Gasteiger partial charge in [-0.05, 0) is 30.9 Å². The molecule has 0 bridgehead atoms. The number of anilines is 2. The molecule has 2 aromatic heterocycles. The average Bonchev–Trinajstić information content (AvgIpc) is 3.22. The first-order valence-electron chi connectivity index (χ1n) is 9.86. The number of amides is 1. The number of thioether (sulfide) groups is 1. The van der Waals surface area contributed by atoms with E-state index in [1.165, 1.54) is 31.4 Å². The molecule has 1 saturated carbocycles. The van der Waals surface area contributed by atoms with E-state index in [-0.39, 0.29) is 28.8 Å². The zero-order chi connectivity index (χ0) is 21.1. The summed E-state index contributed by atoms with van der Waals surface area (Å²) in [5.41, 5.74) is 7.57. The van der Waals surface area contributed by atoms with Crippen LogP contribution in [0.15, 0.2) is 29.6 Å². The van der Waals surface area contributed by atoms with E-state index >= 15 is 0 Å². The molecular weight excluding hydrogens is 404 g/mol. The Balaban J connectivity index is 1.62. The van der Waals surface area contributed by atoms with Crippen molar-refractivity contribution in [3.05, 3.63) is 24.5 Å². The fourth-order valence-electron chi connectivity index (χ4n) is 3.80. The van der Waals surface area contributed by atoms with Crippen molar-refractivity contribution in [3.63, 3.8) is 0 Å². The number of hydrogen-bond donors (Lipinski definition) is 4. The molecule has 0 spiro atoms. The molecule has 0 saturated heterocycles. The maximum atomic E-state index is 13.3. The minimum absolute atomic E-state index is 0.0202. The molecule has 9 nitrogen and oxygen atoms in total. The topological polar surface area (TPSA) is 139 Å². The lowest BCUT2D eigenvalue weighted by molar-refractivity contribution is -0.116. The summed E-state index contributed by atoms with van der Waals surface area (Å²) in [5, 5.41) is 13.0. The van der Waals surface area contributed by atoms with E-state index in [1.54, 1.807) is 18.5 Å². The average molecular weight is 429 g/mol. The number of nitrogens with zero attached hydrogens (tertiary/aromatic N) is 3. The number of phenols is 1. The summed E-state index contributed by atoms with van der Waals surface area (Å²) in [7, 11) is 1.47. The minimum Gasteiger partial charge on any atom is -0.504 e. The number of carbonyl (C=O) groups excluding carboxylic acids is 1. The third-order valence-corrected chi connectivity index (χ3v) is 6.66. The van der Waals surface area contributed by atoms with Crippen LogP contribution in [-0.4, -0.2) is 43.3 Å². The summed E-state index contributed by atoms with van der Waals surface area (Å²) in [6, 6.07) is 4.75. The van der Waals surface area contributed by atoms with Gasteiger partial charge in [0.15, 0.2) is 17.1 Å². The molecule has 30 heavy (non-hydrogen) atoms. The van der Waals surface area contributed by atoms with Crippen LogP contribution in [0.4, 0.5) is 11.6 Å². The number of H-pyrrole nitrogens is 1. The van der Waals surface area contributed by atoms with E-state index in [4.69, 9.17) is 10.5 Å². The highest BCUT2D eigenvalue weighted by Gasteiger charge is 2.32. The van der Waals surface area contributed by atoms with Gasteiger partial charge in [-0.3, -0.25) is 4.79 Å². The van der Waals surface area contributed by atoms with Crippen molar-refractivity contribution in [1.29, 1.82) is 0 Å². The number of benzene rings is 1. The van der Waals surface area contributed by atoms with Crippen molar-refractivity contribution >= 4 is 40.5 Å². The Morgan fingerprint density at radius 3 is 2.90 bits per heavy atom. The van der Waals surface area contributed by atoms with Crippen molar-refractivity contribution < 1.29 is 14.6 Å². The van der Waals surface area contributed by atoms with Gasteiger partial charge in [0.2, 0.25) is 11.9 Å². The van der Waals surface area contributed by atoms with E-state index in [2.05, 4.69) is 25.3 Å². The molecule has 0 radical (unpaired) electrons. The quantitative estimate of drug-likeness (QED) is 0.266. The summed E-state index contributed by atoms with van der Waals surface area (Å²) in [5.74, 6) is 0.550. The second kappa shape index (κ2) is 8.78. The summed E-state index contributed by atoms with van der Waals surface area (Å²) >= 11 is 1.39. The third kappa shape index (κ3) is 4.28. The van der Waals surface area contributed by atoms with Crippen LogP contribution in [0.1, 0.15) is 32.1 Å². The number of rotatable bonds is 6. The predicted molar refractivity (Wildman–Crippen MR) is 116 cm³/mol. The smallest absolute Gasteiger partial charge is 0.238 e. The van der Waals surface area contributed by atoms with Crippen LogP contribution in [0.2, 0.25) is 0 Å². The maximum Gasteiger partial charge on any atom is 0.238 e. The van der Waals surface area contributed by atoms with Crippen LogP contribution in [-0.2, 0) is 4.79 Å². The summed E-state index contributed by atoms with van der Waals surface area (Å²) in [6.07, 6.45) is 6.91. The van der Waals surface area contributed by atoms with Gasteiger partial charge in [0.25, 0.3) is 0 Å². The summed E-state index contributed by atoms with van der Waals surface area (Å²) in [4.78, 5) is 29.0. The number of ether oxygens (including phenoxy) is 1. The van der Waals surface area contributed by atoms with Gasteiger partial charge >= 0.3 is 0 Å². The van der Waals surface area contributed by atoms with Crippen molar-refractivity contribution in [2.45, 2.75) is 42.4 Å². The molecule has 1 amide bonds. The second-order valence-electron chi connectivity index (χ2n) is 7.30. The number of carbonyl (C=O) groups is 1. The van der Waals surface area contributed by atoms with Crippen LogP contribution in [0, 0.1) is 5.92 Å². The van der Waals surface area contributed by atoms with E-state index < -0.39 is 0 Å². The van der Waals surface area contributed by atoms with Gasteiger partial charge in [0, 0.05) is 11.8 Å². The number of aromatic nitrogens is 4. The largest absolute Gasteiger partial charge is 0.504 e. The Bertz CT molecular complexity index is 1050.